The molecule has 0 amide bonds. The van der Waals surface area contributed by atoms with Crippen LogP contribution in [0.3, 0.4) is 0 Å². The summed E-state index contributed by atoms with van der Waals surface area (Å²) in [5.74, 6) is 0.883. The number of nitrogens with zero attached hydrogens (tertiary/aromatic N) is 3. The summed E-state index contributed by atoms with van der Waals surface area (Å²) in [7, 11) is 1.46. The maximum Gasteiger partial charge on any atom is 0.310 e. The summed E-state index contributed by atoms with van der Waals surface area (Å²) in [5, 5.41) is 3.36. The largest absolute Gasteiger partial charge is 0.469 e. The van der Waals surface area contributed by atoms with Crippen LogP contribution in [-0.4, -0.2) is 69.9 Å². The average Bonchev–Trinajstić information content (AvgIpc) is 3.13. The highest BCUT2D eigenvalue weighted by molar-refractivity contribution is 14.0. The molecule has 0 bridgehead atoms. The summed E-state index contributed by atoms with van der Waals surface area (Å²) in [4.78, 5) is 21.3. The van der Waals surface area contributed by atoms with Crippen molar-refractivity contribution in [1.82, 2.24) is 10.2 Å². The van der Waals surface area contributed by atoms with Crippen molar-refractivity contribution in [3.63, 3.8) is 0 Å². The van der Waals surface area contributed by atoms with Crippen LogP contribution in [0.25, 0.3) is 0 Å². The Labute approximate surface area is 190 Å². The molecule has 1 aromatic rings. The molecule has 29 heavy (non-hydrogen) atoms. The van der Waals surface area contributed by atoms with Crippen molar-refractivity contribution in [2.75, 3.05) is 57.9 Å². The zero-order valence-corrected chi connectivity index (χ0v) is 19.9. The van der Waals surface area contributed by atoms with Crippen LogP contribution in [-0.2, 0) is 20.8 Å². The monoisotopic (exact) mass is 516 g/mol. The molecular weight excluding hydrogens is 483 g/mol. The summed E-state index contributed by atoms with van der Waals surface area (Å²) in [6.07, 6.45) is 0. The van der Waals surface area contributed by atoms with E-state index in [1.807, 2.05) is 0 Å². The van der Waals surface area contributed by atoms with Gasteiger partial charge in [0.25, 0.3) is 0 Å². The van der Waals surface area contributed by atoms with Crippen LogP contribution in [0.5, 0.6) is 0 Å². The molecule has 0 saturated carbocycles. The van der Waals surface area contributed by atoms with E-state index in [0.29, 0.717) is 13.1 Å². The lowest BCUT2D eigenvalue weighted by atomic mass is 9.99. The quantitative estimate of drug-likeness (QED) is 0.281. The summed E-state index contributed by atoms with van der Waals surface area (Å²) < 4.78 is 10.4. The number of ether oxygens (including phenoxy) is 2. The van der Waals surface area contributed by atoms with E-state index in [2.05, 4.69) is 53.2 Å². The average molecular weight is 516 g/mol. The SMILES string of the molecule is CCNC(=NCc1ccc(N2CCOCC2)cc1)N1CC(C)C(C(=O)OC)C1.I. The van der Waals surface area contributed by atoms with Crippen molar-refractivity contribution in [2.45, 2.75) is 20.4 Å². The summed E-state index contributed by atoms with van der Waals surface area (Å²) >= 11 is 0. The first-order valence-electron chi connectivity index (χ1n) is 10.1. The first-order chi connectivity index (χ1) is 13.6. The first-order valence-corrected chi connectivity index (χ1v) is 10.1. The molecule has 8 heteroatoms. The predicted molar refractivity (Wildman–Crippen MR) is 126 cm³/mol. The molecular formula is C21H33IN4O3. The van der Waals surface area contributed by atoms with Crippen molar-refractivity contribution in [2.24, 2.45) is 16.8 Å². The van der Waals surface area contributed by atoms with Crippen LogP contribution in [0.4, 0.5) is 5.69 Å². The van der Waals surface area contributed by atoms with Crippen LogP contribution in [0.2, 0.25) is 0 Å². The highest BCUT2D eigenvalue weighted by Gasteiger charge is 2.36. The first kappa shape index (κ1) is 23.7. The van der Waals surface area contributed by atoms with Gasteiger partial charge in [0.15, 0.2) is 5.96 Å². The van der Waals surface area contributed by atoms with E-state index in [9.17, 15) is 4.79 Å². The van der Waals surface area contributed by atoms with E-state index in [0.717, 1.165) is 45.4 Å². The van der Waals surface area contributed by atoms with Crippen molar-refractivity contribution in [3.8, 4) is 0 Å². The Morgan fingerprint density at radius 2 is 1.93 bits per heavy atom. The number of nitrogens with one attached hydrogen (secondary N) is 1. The van der Waals surface area contributed by atoms with Crippen molar-refractivity contribution in [3.05, 3.63) is 29.8 Å². The molecule has 2 aliphatic rings. The molecule has 0 radical (unpaired) electrons. The van der Waals surface area contributed by atoms with Gasteiger partial charge >= 0.3 is 5.97 Å². The summed E-state index contributed by atoms with van der Waals surface area (Å²) in [6, 6.07) is 8.60. The summed E-state index contributed by atoms with van der Waals surface area (Å²) in [6.45, 7) is 10.5. The molecule has 1 aromatic carbocycles. The minimum atomic E-state index is -0.135. The van der Waals surface area contributed by atoms with Gasteiger partial charge in [-0.2, -0.15) is 0 Å². The molecule has 0 aromatic heterocycles. The van der Waals surface area contributed by atoms with Crippen LogP contribution in [0, 0.1) is 11.8 Å². The van der Waals surface area contributed by atoms with E-state index >= 15 is 0 Å². The van der Waals surface area contributed by atoms with Crippen LogP contribution >= 0.6 is 24.0 Å². The number of anilines is 1. The van der Waals surface area contributed by atoms with Gasteiger partial charge in [0.2, 0.25) is 0 Å². The number of likely N-dealkylation sites (tertiary alicyclic amines) is 1. The van der Waals surface area contributed by atoms with Crippen LogP contribution in [0.15, 0.2) is 29.3 Å². The van der Waals surface area contributed by atoms with Gasteiger partial charge in [-0.05, 0) is 30.5 Å². The van der Waals surface area contributed by atoms with Crippen LogP contribution < -0.4 is 10.2 Å². The molecule has 0 aliphatic carbocycles. The molecule has 2 unspecified atom stereocenters. The highest BCUT2D eigenvalue weighted by Crippen LogP contribution is 2.24. The molecule has 2 saturated heterocycles. The Balaban J connectivity index is 0.00000300. The molecule has 0 spiro atoms. The number of hydrogen-bond donors (Lipinski definition) is 1. The number of benzene rings is 1. The van der Waals surface area contributed by atoms with Gasteiger partial charge in [0.1, 0.15) is 0 Å². The summed E-state index contributed by atoms with van der Waals surface area (Å²) in [5.41, 5.74) is 2.40. The molecule has 162 valence electrons. The smallest absolute Gasteiger partial charge is 0.310 e. The topological polar surface area (TPSA) is 66.4 Å². The molecule has 2 aliphatic heterocycles. The number of aliphatic imine (C=N–C) groups is 1. The van der Waals surface area contributed by atoms with Gasteiger partial charge < -0.3 is 24.6 Å². The third-order valence-corrected chi connectivity index (χ3v) is 5.47. The molecule has 2 fully saturated rings. The number of halogens is 1. The Kier molecular flexibility index (Phi) is 9.48. The predicted octanol–water partition coefficient (Wildman–Crippen LogP) is 2.35. The number of methoxy groups -OCH3 is 1. The number of hydrogen-bond acceptors (Lipinski definition) is 5. The van der Waals surface area contributed by atoms with E-state index in [1.54, 1.807) is 0 Å². The number of morpholine rings is 1. The van der Waals surface area contributed by atoms with Crippen molar-refractivity contribution in [1.29, 1.82) is 0 Å². The van der Waals surface area contributed by atoms with Gasteiger partial charge in [-0.1, -0.05) is 19.1 Å². The fourth-order valence-electron chi connectivity index (χ4n) is 3.82. The third kappa shape index (κ3) is 6.21. The third-order valence-electron chi connectivity index (χ3n) is 5.47. The number of carbonyl (C=O) groups excluding carboxylic acids is 1. The molecule has 2 heterocycles. The van der Waals surface area contributed by atoms with E-state index in [-0.39, 0.29) is 41.8 Å². The van der Waals surface area contributed by atoms with Gasteiger partial charge in [-0.3, -0.25) is 4.79 Å². The molecule has 7 nitrogen and oxygen atoms in total. The highest BCUT2D eigenvalue weighted by atomic mass is 127. The van der Waals surface area contributed by atoms with Gasteiger partial charge in [0, 0.05) is 38.4 Å². The lowest BCUT2D eigenvalue weighted by Gasteiger charge is -2.28. The van der Waals surface area contributed by atoms with E-state index in [1.165, 1.54) is 18.4 Å². The minimum Gasteiger partial charge on any atom is -0.469 e. The number of rotatable bonds is 5. The van der Waals surface area contributed by atoms with Gasteiger partial charge in [0.05, 0.1) is 32.8 Å². The lowest BCUT2D eigenvalue weighted by Crippen LogP contribution is -2.40. The molecule has 3 rings (SSSR count). The van der Waals surface area contributed by atoms with Crippen molar-refractivity contribution < 1.29 is 14.3 Å². The standard InChI is InChI=1S/C21H32N4O3.HI/c1-4-22-21(25-14-16(2)19(15-25)20(26)27-3)23-13-17-5-7-18(8-6-17)24-9-11-28-12-10-24;/h5-8,16,19H,4,9-15H2,1-3H3,(H,22,23);1H. The second-order valence-electron chi connectivity index (χ2n) is 7.45. The number of carbonyl (C=O) groups is 1. The van der Waals surface area contributed by atoms with Gasteiger partial charge in [-0.15, -0.1) is 24.0 Å². The maximum absolute atomic E-state index is 12.0. The fourth-order valence-corrected chi connectivity index (χ4v) is 3.82. The number of guanidine groups is 1. The zero-order valence-electron chi connectivity index (χ0n) is 17.6. The second kappa shape index (κ2) is 11.6. The van der Waals surface area contributed by atoms with Gasteiger partial charge in [-0.25, -0.2) is 4.99 Å². The second-order valence-corrected chi connectivity index (χ2v) is 7.45. The molecule has 2 atom stereocenters. The lowest BCUT2D eigenvalue weighted by molar-refractivity contribution is -0.145. The Morgan fingerprint density at radius 1 is 1.24 bits per heavy atom. The number of esters is 1. The zero-order chi connectivity index (χ0) is 19.9. The minimum absolute atomic E-state index is 0. The fraction of sp³-hybridized carbons (Fsp3) is 0.619. The normalized spacial score (nSPS) is 22.2. The van der Waals surface area contributed by atoms with Crippen LogP contribution in [0.1, 0.15) is 19.4 Å². The Morgan fingerprint density at radius 3 is 2.55 bits per heavy atom. The van der Waals surface area contributed by atoms with Crippen molar-refractivity contribution >= 4 is 41.6 Å². The molecule has 1 N–H and O–H groups in total. The Bertz CT molecular complexity index is 677. The van der Waals surface area contributed by atoms with E-state index in [4.69, 9.17) is 14.5 Å². The van der Waals surface area contributed by atoms with E-state index < -0.39 is 0 Å². The Hall–Kier alpha value is -1.55. The maximum atomic E-state index is 12.0.